The number of hydrogen-bond acceptors (Lipinski definition) is 4. The number of para-hydroxylation sites is 1. The molecule has 0 spiro atoms. The molecule has 1 atom stereocenters. The highest BCUT2D eigenvalue weighted by atomic mass is 16.5. The normalized spacial score (nSPS) is 16.2. The maximum Gasteiger partial charge on any atom is 0.311 e. The van der Waals surface area contributed by atoms with E-state index in [0.29, 0.717) is 18.7 Å². The molecule has 1 fully saturated rings. The number of carbonyl (C=O) groups excluding carboxylic acids is 3. The smallest absolute Gasteiger partial charge is 0.311 e. The van der Waals surface area contributed by atoms with Crippen molar-refractivity contribution in [3.8, 4) is 0 Å². The molecule has 1 amide bonds. The number of carbonyl (C=O) groups is 3. The molecule has 0 saturated carbocycles. The first-order valence-electron chi connectivity index (χ1n) is 10.1. The van der Waals surface area contributed by atoms with Crippen LogP contribution in [-0.2, 0) is 20.7 Å². The van der Waals surface area contributed by atoms with E-state index in [1.54, 1.807) is 4.90 Å². The number of esters is 1. The Kier molecular flexibility index (Phi) is 5.65. The number of aromatic nitrogens is 1. The zero-order valence-electron chi connectivity index (χ0n) is 16.9. The number of aryl methyl sites for hydroxylation is 1. The van der Waals surface area contributed by atoms with Gasteiger partial charge in [-0.1, -0.05) is 48.5 Å². The van der Waals surface area contributed by atoms with Gasteiger partial charge in [0.25, 0.3) is 0 Å². The van der Waals surface area contributed by atoms with Crippen LogP contribution in [0.15, 0.2) is 54.6 Å². The number of nitrogens with one attached hydrogen (secondary N) is 1. The van der Waals surface area contributed by atoms with Crippen LogP contribution >= 0.6 is 0 Å². The largest absolute Gasteiger partial charge is 0.457 e. The van der Waals surface area contributed by atoms with E-state index in [-0.39, 0.29) is 24.7 Å². The van der Waals surface area contributed by atoms with Gasteiger partial charge >= 0.3 is 5.97 Å². The molecule has 1 aliphatic heterocycles. The van der Waals surface area contributed by atoms with Gasteiger partial charge in [-0.05, 0) is 25.0 Å². The quantitative estimate of drug-likeness (QED) is 0.484. The molecule has 6 nitrogen and oxygen atoms in total. The molecule has 0 bridgehead atoms. The zero-order chi connectivity index (χ0) is 21.1. The number of benzene rings is 2. The Hall–Kier alpha value is -3.41. The van der Waals surface area contributed by atoms with Crippen LogP contribution in [0, 0.1) is 12.8 Å². The lowest BCUT2D eigenvalue weighted by Crippen LogP contribution is -2.29. The summed E-state index contributed by atoms with van der Waals surface area (Å²) in [4.78, 5) is 42.3. The Morgan fingerprint density at radius 2 is 1.83 bits per heavy atom. The second-order valence-electron chi connectivity index (χ2n) is 7.68. The molecule has 2 heterocycles. The Labute approximate surface area is 174 Å². The number of aromatic amines is 1. The molecule has 30 heavy (non-hydrogen) atoms. The summed E-state index contributed by atoms with van der Waals surface area (Å²) in [6, 6.07) is 17.5. The number of ketones is 1. The van der Waals surface area contributed by atoms with E-state index in [9.17, 15) is 14.4 Å². The highest BCUT2D eigenvalue weighted by Crippen LogP contribution is 2.23. The topological polar surface area (TPSA) is 79.5 Å². The highest BCUT2D eigenvalue weighted by Gasteiger charge is 2.35. The Morgan fingerprint density at radius 1 is 1.10 bits per heavy atom. The van der Waals surface area contributed by atoms with Crippen LogP contribution < -0.4 is 0 Å². The molecule has 2 aromatic carbocycles. The van der Waals surface area contributed by atoms with Gasteiger partial charge in [0.1, 0.15) is 0 Å². The number of fused-ring (bicyclic) bond motifs is 1. The van der Waals surface area contributed by atoms with Crippen molar-refractivity contribution in [2.45, 2.75) is 19.8 Å². The van der Waals surface area contributed by atoms with Crippen molar-refractivity contribution < 1.29 is 19.1 Å². The third-order valence-corrected chi connectivity index (χ3v) is 5.58. The summed E-state index contributed by atoms with van der Waals surface area (Å²) in [7, 11) is 0. The van der Waals surface area contributed by atoms with Gasteiger partial charge in [0.2, 0.25) is 11.7 Å². The first-order chi connectivity index (χ1) is 14.5. The van der Waals surface area contributed by atoms with E-state index in [2.05, 4.69) is 4.98 Å². The lowest BCUT2D eigenvalue weighted by molar-refractivity contribution is -0.147. The maximum atomic E-state index is 12.7. The summed E-state index contributed by atoms with van der Waals surface area (Å²) in [5.41, 5.74) is 3.32. The van der Waals surface area contributed by atoms with E-state index < -0.39 is 11.9 Å². The van der Waals surface area contributed by atoms with E-state index >= 15 is 0 Å². The number of likely N-dealkylation sites (tertiary alicyclic amines) is 1. The van der Waals surface area contributed by atoms with Crippen LogP contribution in [0.1, 0.15) is 28.0 Å². The van der Waals surface area contributed by atoms with Crippen LogP contribution in [-0.4, -0.2) is 47.2 Å². The summed E-state index contributed by atoms with van der Waals surface area (Å²) >= 11 is 0. The SMILES string of the molecule is Cc1[nH]c2ccccc2c1C(=O)COC(=O)[C@@H]1CC(=O)N(CCc2ccccc2)C1. The fraction of sp³-hybridized carbons (Fsp3) is 0.292. The van der Waals surface area contributed by atoms with Gasteiger partial charge in [-0.2, -0.15) is 0 Å². The Balaban J connectivity index is 1.32. The predicted molar refractivity (Wildman–Crippen MR) is 113 cm³/mol. The average molecular weight is 404 g/mol. The Morgan fingerprint density at radius 3 is 2.63 bits per heavy atom. The first kappa shape index (κ1) is 19.9. The van der Waals surface area contributed by atoms with Crippen molar-refractivity contribution in [1.29, 1.82) is 0 Å². The molecule has 1 aromatic heterocycles. The van der Waals surface area contributed by atoms with Crippen molar-refractivity contribution in [2.75, 3.05) is 19.7 Å². The number of hydrogen-bond donors (Lipinski definition) is 1. The minimum atomic E-state index is -0.523. The number of H-pyrrole nitrogens is 1. The molecule has 1 saturated heterocycles. The fourth-order valence-corrected chi connectivity index (χ4v) is 4.02. The molecular weight excluding hydrogens is 380 g/mol. The maximum absolute atomic E-state index is 12.7. The molecule has 0 aliphatic carbocycles. The molecule has 6 heteroatoms. The first-order valence-corrected chi connectivity index (χ1v) is 10.1. The lowest BCUT2D eigenvalue weighted by atomic mass is 10.1. The summed E-state index contributed by atoms with van der Waals surface area (Å²) < 4.78 is 5.29. The molecule has 4 rings (SSSR count). The monoisotopic (exact) mass is 404 g/mol. The fourth-order valence-electron chi connectivity index (χ4n) is 4.02. The van der Waals surface area contributed by atoms with Gasteiger partial charge in [-0.15, -0.1) is 0 Å². The molecule has 0 unspecified atom stereocenters. The molecule has 154 valence electrons. The van der Waals surface area contributed by atoms with Crippen LogP contribution in [0.25, 0.3) is 10.9 Å². The minimum absolute atomic E-state index is 0.0494. The number of ether oxygens (including phenoxy) is 1. The van der Waals surface area contributed by atoms with E-state index in [0.717, 1.165) is 28.6 Å². The van der Waals surface area contributed by atoms with E-state index in [4.69, 9.17) is 4.74 Å². The van der Waals surface area contributed by atoms with Crippen molar-refractivity contribution in [1.82, 2.24) is 9.88 Å². The predicted octanol–water partition coefficient (Wildman–Crippen LogP) is 3.29. The second kappa shape index (κ2) is 8.53. The molecule has 1 aliphatic rings. The summed E-state index contributed by atoms with van der Waals surface area (Å²) in [6.45, 7) is 2.41. The average Bonchev–Trinajstić information content (AvgIpc) is 3.29. The van der Waals surface area contributed by atoms with Crippen LogP contribution in [0.3, 0.4) is 0 Å². The van der Waals surface area contributed by atoms with E-state index in [1.165, 1.54) is 0 Å². The molecular formula is C24H24N2O4. The Bertz CT molecular complexity index is 1090. The third kappa shape index (κ3) is 4.13. The van der Waals surface area contributed by atoms with Gasteiger partial charge in [0.15, 0.2) is 6.61 Å². The van der Waals surface area contributed by atoms with Crippen LogP contribution in [0.2, 0.25) is 0 Å². The minimum Gasteiger partial charge on any atom is -0.457 e. The summed E-state index contributed by atoms with van der Waals surface area (Å²) in [6.07, 6.45) is 0.876. The molecule has 1 N–H and O–H groups in total. The van der Waals surface area contributed by atoms with Crippen LogP contribution in [0.5, 0.6) is 0 Å². The highest BCUT2D eigenvalue weighted by molar-refractivity contribution is 6.10. The second-order valence-corrected chi connectivity index (χ2v) is 7.68. The summed E-state index contributed by atoms with van der Waals surface area (Å²) in [5, 5.41) is 0.819. The van der Waals surface area contributed by atoms with Gasteiger partial charge < -0.3 is 14.6 Å². The number of nitrogens with zero attached hydrogens (tertiary/aromatic N) is 1. The number of Topliss-reactive ketones (excluding diaryl/α,β-unsaturated/α-hetero) is 1. The third-order valence-electron chi connectivity index (χ3n) is 5.58. The number of rotatable bonds is 7. The van der Waals surface area contributed by atoms with Crippen molar-refractivity contribution in [3.63, 3.8) is 0 Å². The zero-order valence-corrected chi connectivity index (χ0v) is 16.9. The van der Waals surface area contributed by atoms with Gasteiger partial charge in [-0.3, -0.25) is 14.4 Å². The van der Waals surface area contributed by atoms with Crippen molar-refractivity contribution in [3.05, 3.63) is 71.4 Å². The van der Waals surface area contributed by atoms with Gasteiger partial charge in [-0.25, -0.2) is 0 Å². The van der Waals surface area contributed by atoms with Crippen molar-refractivity contribution >= 4 is 28.6 Å². The van der Waals surface area contributed by atoms with Crippen molar-refractivity contribution in [2.24, 2.45) is 5.92 Å². The van der Waals surface area contributed by atoms with Gasteiger partial charge in [0.05, 0.1) is 5.92 Å². The van der Waals surface area contributed by atoms with Gasteiger partial charge in [0, 0.05) is 41.7 Å². The van der Waals surface area contributed by atoms with E-state index in [1.807, 2.05) is 61.5 Å². The van der Waals surface area contributed by atoms with Crippen LogP contribution in [0.4, 0.5) is 0 Å². The molecule has 0 radical (unpaired) electrons. The molecule has 3 aromatic rings. The summed E-state index contributed by atoms with van der Waals surface area (Å²) in [5.74, 6) is -1.31. The standard InChI is InChI=1S/C24H24N2O4/c1-16-23(19-9-5-6-10-20(19)25-16)21(27)15-30-24(29)18-13-22(28)26(14-18)12-11-17-7-3-2-4-8-17/h2-10,18,25H,11-15H2,1H3/t18-/m1/s1. The lowest BCUT2D eigenvalue weighted by Gasteiger charge is -2.16. The number of amides is 1.